The standard InChI is InChI=1S/C17H12BrNO2S/c18-13-6-7-16(21-9-12-4-2-1-3-5-12)17(20)14(8-13)15-10-22-11-19-15/h1-8,10-11H,9H2. The average Bonchev–Trinajstić information content (AvgIpc) is 3.03. The Labute approximate surface area is 140 Å². The molecule has 0 aliphatic heterocycles. The Morgan fingerprint density at radius 1 is 1.14 bits per heavy atom. The quantitative estimate of drug-likeness (QED) is 0.675. The third-order valence-electron chi connectivity index (χ3n) is 3.09. The molecule has 0 fully saturated rings. The van der Waals surface area contributed by atoms with Crippen molar-refractivity contribution in [2.75, 3.05) is 0 Å². The van der Waals surface area contributed by atoms with Gasteiger partial charge in [-0.15, -0.1) is 11.3 Å². The first kappa shape index (κ1) is 14.9. The van der Waals surface area contributed by atoms with Crippen LogP contribution in [0.15, 0.2) is 68.7 Å². The van der Waals surface area contributed by atoms with E-state index in [1.807, 2.05) is 35.7 Å². The molecule has 0 aliphatic rings. The van der Waals surface area contributed by atoms with Crippen molar-refractivity contribution in [2.24, 2.45) is 0 Å². The minimum Gasteiger partial charge on any atom is -0.485 e. The molecule has 0 unspecified atom stereocenters. The predicted molar refractivity (Wildman–Crippen MR) is 92.3 cm³/mol. The molecule has 0 radical (unpaired) electrons. The highest BCUT2D eigenvalue weighted by atomic mass is 79.9. The molecular weight excluding hydrogens is 362 g/mol. The predicted octanol–water partition coefficient (Wildman–Crippen LogP) is 4.51. The zero-order chi connectivity index (χ0) is 15.4. The van der Waals surface area contributed by atoms with Crippen LogP contribution in [0, 0.1) is 0 Å². The van der Waals surface area contributed by atoms with E-state index in [9.17, 15) is 4.79 Å². The molecule has 1 heterocycles. The van der Waals surface area contributed by atoms with Crippen LogP contribution in [0.3, 0.4) is 0 Å². The number of hydrogen-bond acceptors (Lipinski definition) is 4. The van der Waals surface area contributed by atoms with Crippen molar-refractivity contribution in [3.8, 4) is 17.0 Å². The highest BCUT2D eigenvalue weighted by Gasteiger charge is 2.10. The molecule has 0 atom stereocenters. The lowest BCUT2D eigenvalue weighted by Crippen LogP contribution is -2.08. The molecular formula is C17H12BrNO2S. The van der Waals surface area contributed by atoms with Gasteiger partial charge in [-0.3, -0.25) is 4.79 Å². The number of benzene rings is 1. The van der Waals surface area contributed by atoms with Gasteiger partial charge in [0.2, 0.25) is 5.43 Å². The number of rotatable bonds is 4. The molecule has 3 nitrogen and oxygen atoms in total. The Morgan fingerprint density at radius 3 is 2.68 bits per heavy atom. The van der Waals surface area contributed by atoms with Crippen LogP contribution >= 0.6 is 27.3 Å². The van der Waals surface area contributed by atoms with E-state index < -0.39 is 0 Å². The summed E-state index contributed by atoms with van der Waals surface area (Å²) in [5.74, 6) is 0.317. The fraction of sp³-hybridized carbons (Fsp3) is 0.0588. The zero-order valence-electron chi connectivity index (χ0n) is 11.5. The minimum absolute atomic E-state index is 0.160. The van der Waals surface area contributed by atoms with Crippen molar-refractivity contribution in [3.05, 3.63) is 79.7 Å². The first-order chi connectivity index (χ1) is 10.7. The fourth-order valence-electron chi connectivity index (χ4n) is 2.00. The zero-order valence-corrected chi connectivity index (χ0v) is 13.9. The van der Waals surface area contributed by atoms with Gasteiger partial charge in [0.1, 0.15) is 6.61 Å². The summed E-state index contributed by atoms with van der Waals surface area (Å²) in [7, 11) is 0. The third kappa shape index (κ3) is 3.43. The Morgan fingerprint density at radius 2 is 1.95 bits per heavy atom. The van der Waals surface area contributed by atoms with Gasteiger partial charge in [0.25, 0.3) is 0 Å². The molecule has 0 spiro atoms. The lowest BCUT2D eigenvalue weighted by Gasteiger charge is -2.04. The Hall–Kier alpha value is -1.98. The highest BCUT2D eigenvalue weighted by molar-refractivity contribution is 9.10. The van der Waals surface area contributed by atoms with Gasteiger partial charge in [0, 0.05) is 9.85 Å². The second kappa shape index (κ2) is 6.85. The molecule has 0 aliphatic carbocycles. The molecule has 3 aromatic rings. The highest BCUT2D eigenvalue weighted by Crippen LogP contribution is 2.21. The normalized spacial score (nSPS) is 10.4. The van der Waals surface area contributed by atoms with E-state index in [4.69, 9.17) is 4.74 Å². The molecule has 5 heteroatoms. The molecule has 0 saturated heterocycles. The number of ether oxygens (including phenoxy) is 1. The summed E-state index contributed by atoms with van der Waals surface area (Å²) >= 11 is 4.88. The summed E-state index contributed by atoms with van der Waals surface area (Å²) in [6.07, 6.45) is 0. The van der Waals surface area contributed by atoms with E-state index in [-0.39, 0.29) is 5.43 Å². The second-order valence-electron chi connectivity index (χ2n) is 4.62. The lowest BCUT2D eigenvalue weighted by atomic mass is 10.2. The van der Waals surface area contributed by atoms with E-state index in [0.29, 0.717) is 23.6 Å². The summed E-state index contributed by atoms with van der Waals surface area (Å²) < 4.78 is 6.53. The second-order valence-corrected chi connectivity index (χ2v) is 6.25. The van der Waals surface area contributed by atoms with E-state index in [1.54, 1.807) is 23.7 Å². The molecule has 110 valence electrons. The van der Waals surface area contributed by atoms with Crippen molar-refractivity contribution in [3.63, 3.8) is 0 Å². The minimum atomic E-state index is -0.160. The van der Waals surface area contributed by atoms with Crippen LogP contribution in [0.25, 0.3) is 11.3 Å². The smallest absolute Gasteiger partial charge is 0.229 e. The van der Waals surface area contributed by atoms with Crippen molar-refractivity contribution in [2.45, 2.75) is 6.61 Å². The number of hydrogen-bond donors (Lipinski definition) is 0. The monoisotopic (exact) mass is 373 g/mol. The summed E-state index contributed by atoms with van der Waals surface area (Å²) in [5, 5.41) is 1.85. The van der Waals surface area contributed by atoms with Crippen LogP contribution in [0.4, 0.5) is 0 Å². The van der Waals surface area contributed by atoms with Crippen molar-refractivity contribution in [1.82, 2.24) is 4.98 Å². The number of aromatic nitrogens is 1. The summed E-state index contributed by atoms with van der Waals surface area (Å²) in [6.45, 7) is 0.355. The van der Waals surface area contributed by atoms with Crippen LogP contribution in [0.5, 0.6) is 5.75 Å². The van der Waals surface area contributed by atoms with Gasteiger partial charge in [-0.2, -0.15) is 0 Å². The number of halogens is 1. The average molecular weight is 374 g/mol. The maximum absolute atomic E-state index is 12.7. The SMILES string of the molecule is O=c1c(OCc2ccccc2)ccc(Br)cc1-c1cscn1. The van der Waals surface area contributed by atoms with E-state index >= 15 is 0 Å². The molecule has 2 aromatic carbocycles. The van der Waals surface area contributed by atoms with Gasteiger partial charge in [-0.25, -0.2) is 4.98 Å². The van der Waals surface area contributed by atoms with Gasteiger partial charge in [-0.05, 0) is 23.8 Å². The van der Waals surface area contributed by atoms with Crippen molar-refractivity contribution in [1.29, 1.82) is 0 Å². The fourth-order valence-corrected chi connectivity index (χ4v) is 2.91. The van der Waals surface area contributed by atoms with Gasteiger partial charge in [0.05, 0.1) is 16.8 Å². The number of nitrogens with zero attached hydrogens (tertiary/aromatic N) is 1. The maximum Gasteiger partial charge on any atom is 0.229 e. The maximum atomic E-state index is 12.7. The van der Waals surface area contributed by atoms with Gasteiger partial charge >= 0.3 is 0 Å². The summed E-state index contributed by atoms with van der Waals surface area (Å²) in [4.78, 5) is 16.9. The van der Waals surface area contributed by atoms with Gasteiger partial charge in [0.15, 0.2) is 5.75 Å². The van der Waals surface area contributed by atoms with E-state index in [2.05, 4.69) is 20.9 Å². The van der Waals surface area contributed by atoms with Crippen LogP contribution in [0.1, 0.15) is 5.56 Å². The molecule has 22 heavy (non-hydrogen) atoms. The summed E-state index contributed by atoms with van der Waals surface area (Å²) in [6, 6.07) is 15.0. The van der Waals surface area contributed by atoms with Crippen LogP contribution in [0.2, 0.25) is 0 Å². The molecule has 1 aromatic heterocycles. The molecule has 3 rings (SSSR count). The van der Waals surface area contributed by atoms with E-state index in [1.165, 1.54) is 11.3 Å². The van der Waals surface area contributed by atoms with Crippen LogP contribution in [-0.4, -0.2) is 4.98 Å². The van der Waals surface area contributed by atoms with Crippen molar-refractivity contribution < 1.29 is 4.74 Å². The largest absolute Gasteiger partial charge is 0.485 e. The number of thiazole rings is 1. The van der Waals surface area contributed by atoms with Crippen molar-refractivity contribution >= 4 is 27.3 Å². The summed E-state index contributed by atoms with van der Waals surface area (Å²) in [5.41, 5.74) is 3.76. The first-order valence-electron chi connectivity index (χ1n) is 6.63. The van der Waals surface area contributed by atoms with Gasteiger partial charge in [-0.1, -0.05) is 46.3 Å². The topological polar surface area (TPSA) is 39.2 Å². The first-order valence-corrected chi connectivity index (χ1v) is 8.37. The lowest BCUT2D eigenvalue weighted by molar-refractivity contribution is 0.304. The van der Waals surface area contributed by atoms with Gasteiger partial charge < -0.3 is 4.74 Å². The Bertz CT molecular complexity index is 820. The molecule has 0 bridgehead atoms. The molecule has 0 N–H and O–H groups in total. The van der Waals surface area contributed by atoms with E-state index in [0.717, 1.165) is 10.0 Å². The third-order valence-corrected chi connectivity index (χ3v) is 4.17. The molecule has 0 saturated carbocycles. The van der Waals surface area contributed by atoms with Crippen LogP contribution in [-0.2, 0) is 6.61 Å². The Balaban J connectivity index is 1.97. The van der Waals surface area contributed by atoms with Crippen LogP contribution < -0.4 is 10.2 Å². The Kier molecular flexibility index (Phi) is 4.65. The molecule has 0 amide bonds.